The number of nitrogens with zero attached hydrogens (tertiary/aromatic N) is 1. The molecule has 0 aliphatic carbocycles. The van der Waals surface area contributed by atoms with Crippen LogP contribution in [0.4, 0.5) is 0 Å². The molecule has 7 nitrogen and oxygen atoms in total. The van der Waals surface area contributed by atoms with Crippen molar-refractivity contribution in [2.24, 2.45) is 5.92 Å². The fourth-order valence-corrected chi connectivity index (χ4v) is 7.44. The van der Waals surface area contributed by atoms with Crippen LogP contribution in [0.5, 0.6) is 11.5 Å². The van der Waals surface area contributed by atoms with Crippen LogP contribution >= 0.6 is 11.8 Å². The van der Waals surface area contributed by atoms with Gasteiger partial charge in [0.2, 0.25) is 16.8 Å². The Labute approximate surface area is 199 Å². The molecule has 0 saturated carbocycles. The van der Waals surface area contributed by atoms with Gasteiger partial charge in [-0.05, 0) is 55.3 Å². The summed E-state index contributed by atoms with van der Waals surface area (Å²) >= 11 is 1.63. The Morgan fingerprint density at radius 2 is 1.88 bits per heavy atom. The lowest BCUT2D eigenvalue weighted by Crippen LogP contribution is -2.49. The molecule has 1 saturated heterocycles. The maximum Gasteiger partial charge on any atom is 0.308 e. The summed E-state index contributed by atoms with van der Waals surface area (Å²) in [5.74, 6) is 0.314. The van der Waals surface area contributed by atoms with Crippen molar-refractivity contribution in [2.75, 3.05) is 19.1 Å². The van der Waals surface area contributed by atoms with E-state index in [1.54, 1.807) is 42.1 Å². The van der Waals surface area contributed by atoms with Crippen LogP contribution in [-0.2, 0) is 14.8 Å². The monoisotopic (exact) mass is 491 g/mol. The molecule has 2 aliphatic rings. The molecule has 2 aromatic carbocycles. The van der Waals surface area contributed by atoms with Crippen molar-refractivity contribution in [1.82, 2.24) is 4.31 Å². The molecule has 0 aromatic heterocycles. The van der Waals surface area contributed by atoms with Crippen molar-refractivity contribution in [1.29, 1.82) is 0 Å². The zero-order valence-corrected chi connectivity index (χ0v) is 20.4. The number of piperidine rings is 1. The minimum Gasteiger partial charge on any atom is -0.481 e. The molecule has 9 heteroatoms. The summed E-state index contributed by atoms with van der Waals surface area (Å²) in [6.07, 6.45) is 2.43. The average Bonchev–Trinajstić information content (AvgIpc) is 3.27. The third-order valence-electron chi connectivity index (χ3n) is 6.18. The highest BCUT2D eigenvalue weighted by atomic mass is 32.2. The fourth-order valence-electron chi connectivity index (χ4n) is 4.27. The summed E-state index contributed by atoms with van der Waals surface area (Å²) in [6.45, 7) is 4.05. The minimum atomic E-state index is -3.92. The van der Waals surface area contributed by atoms with E-state index < -0.39 is 28.0 Å². The highest BCUT2D eigenvalue weighted by Crippen LogP contribution is 2.44. The Balaban J connectivity index is 1.74. The number of carboxylic acid groups (broad SMARTS) is 1. The van der Waals surface area contributed by atoms with E-state index in [9.17, 15) is 18.3 Å². The third kappa shape index (κ3) is 5.00. The number of aryl methyl sites for hydroxylation is 1. The standard InChI is InChI=1S/C24H29NO6S2/c1-3-4-11-32-23-13-20(17-7-10-21-22(12-17)31-15-30-21)25(14-19(23)24(26)27)33(28,29)18-8-5-16(2)6-9-18/h5-10,12,19-20,23H,3-4,11,13-15H2,1-2H3,(H,26,27)/t19-,20+,23-/m1/s1. The molecular formula is C24H29NO6S2. The van der Waals surface area contributed by atoms with Crippen molar-refractivity contribution >= 4 is 27.8 Å². The van der Waals surface area contributed by atoms with Gasteiger partial charge in [-0.25, -0.2) is 8.42 Å². The number of aliphatic carboxylic acids is 1. The van der Waals surface area contributed by atoms with Gasteiger partial charge in [-0.1, -0.05) is 37.1 Å². The average molecular weight is 492 g/mol. The van der Waals surface area contributed by atoms with Gasteiger partial charge in [0.15, 0.2) is 11.5 Å². The second-order valence-electron chi connectivity index (χ2n) is 8.46. The first-order valence-electron chi connectivity index (χ1n) is 11.1. The Hall–Kier alpha value is -2.23. The molecule has 2 heterocycles. The zero-order valence-electron chi connectivity index (χ0n) is 18.8. The summed E-state index contributed by atoms with van der Waals surface area (Å²) in [5, 5.41) is 9.78. The third-order valence-corrected chi connectivity index (χ3v) is 9.55. The normalized spacial score (nSPS) is 22.9. The van der Waals surface area contributed by atoms with Crippen molar-refractivity contribution in [3.05, 3.63) is 53.6 Å². The van der Waals surface area contributed by atoms with Gasteiger partial charge >= 0.3 is 5.97 Å². The van der Waals surface area contributed by atoms with Crippen molar-refractivity contribution in [3.63, 3.8) is 0 Å². The number of sulfonamides is 1. The first-order chi connectivity index (χ1) is 15.8. The lowest BCUT2D eigenvalue weighted by Gasteiger charge is -2.41. The van der Waals surface area contributed by atoms with E-state index in [4.69, 9.17) is 9.47 Å². The summed E-state index contributed by atoms with van der Waals surface area (Å²) in [7, 11) is -3.92. The second-order valence-corrected chi connectivity index (χ2v) is 11.7. The van der Waals surface area contributed by atoms with E-state index in [0.717, 1.165) is 29.7 Å². The largest absolute Gasteiger partial charge is 0.481 e. The fraction of sp³-hybridized carbons (Fsp3) is 0.458. The number of fused-ring (bicyclic) bond motifs is 1. The number of rotatable bonds is 8. The van der Waals surface area contributed by atoms with Gasteiger partial charge in [0, 0.05) is 11.8 Å². The topological polar surface area (TPSA) is 93.1 Å². The summed E-state index contributed by atoms with van der Waals surface area (Å²) in [5.41, 5.74) is 1.73. The number of hydrogen-bond acceptors (Lipinski definition) is 6. The molecule has 0 spiro atoms. The molecule has 3 atom stereocenters. The van der Waals surface area contributed by atoms with E-state index in [1.807, 2.05) is 19.1 Å². The Kier molecular flexibility index (Phi) is 7.21. The number of ether oxygens (including phenoxy) is 2. The lowest BCUT2D eigenvalue weighted by atomic mass is 9.90. The predicted molar refractivity (Wildman–Crippen MR) is 127 cm³/mol. The van der Waals surface area contributed by atoms with E-state index in [-0.39, 0.29) is 23.5 Å². The minimum absolute atomic E-state index is 0.0750. The highest BCUT2D eigenvalue weighted by Gasteiger charge is 2.45. The molecule has 0 amide bonds. The SMILES string of the molecule is CCCCS[C@@H]1C[C@@H](c2ccc3c(c2)OCO3)N(S(=O)(=O)c2ccc(C)cc2)C[C@H]1C(=O)O. The van der Waals surface area contributed by atoms with Gasteiger partial charge in [0.05, 0.1) is 16.9 Å². The van der Waals surface area contributed by atoms with Crippen LogP contribution < -0.4 is 9.47 Å². The number of carboxylic acids is 1. The van der Waals surface area contributed by atoms with Crippen LogP contribution in [-0.4, -0.2) is 48.1 Å². The van der Waals surface area contributed by atoms with Crippen LogP contribution in [0.1, 0.15) is 43.4 Å². The molecule has 1 N–H and O–H groups in total. The first-order valence-corrected chi connectivity index (χ1v) is 13.6. The summed E-state index contributed by atoms with van der Waals surface area (Å²) < 4.78 is 39.7. The van der Waals surface area contributed by atoms with E-state index >= 15 is 0 Å². The van der Waals surface area contributed by atoms with E-state index in [1.165, 1.54) is 4.31 Å². The molecule has 4 rings (SSSR count). The molecule has 0 radical (unpaired) electrons. The Bertz CT molecular complexity index is 1100. The molecule has 2 aromatic rings. The van der Waals surface area contributed by atoms with E-state index in [0.29, 0.717) is 17.9 Å². The summed E-state index contributed by atoms with van der Waals surface area (Å²) in [4.78, 5) is 12.3. The van der Waals surface area contributed by atoms with E-state index in [2.05, 4.69) is 6.92 Å². The zero-order chi connectivity index (χ0) is 23.6. The molecule has 0 unspecified atom stereocenters. The predicted octanol–water partition coefficient (Wildman–Crippen LogP) is 4.46. The van der Waals surface area contributed by atoms with Crippen molar-refractivity contribution in [2.45, 2.75) is 49.3 Å². The highest BCUT2D eigenvalue weighted by molar-refractivity contribution is 7.99. The molecular weight excluding hydrogens is 462 g/mol. The van der Waals surface area contributed by atoms with Gasteiger partial charge in [-0.3, -0.25) is 4.79 Å². The van der Waals surface area contributed by atoms with Gasteiger partial charge in [0.1, 0.15) is 0 Å². The van der Waals surface area contributed by atoms with Crippen LogP contribution in [0.3, 0.4) is 0 Å². The van der Waals surface area contributed by atoms with Gasteiger partial charge in [0.25, 0.3) is 0 Å². The number of unbranched alkanes of at least 4 members (excludes halogenated alkanes) is 1. The van der Waals surface area contributed by atoms with Gasteiger partial charge < -0.3 is 14.6 Å². The summed E-state index contributed by atoms with van der Waals surface area (Å²) in [6, 6.07) is 11.6. The quantitative estimate of drug-likeness (QED) is 0.545. The van der Waals surface area contributed by atoms with Crippen LogP contribution in [0.25, 0.3) is 0 Å². The molecule has 2 aliphatic heterocycles. The molecule has 178 valence electrons. The number of benzene rings is 2. The Morgan fingerprint density at radius 3 is 2.58 bits per heavy atom. The Morgan fingerprint density at radius 1 is 1.15 bits per heavy atom. The molecule has 33 heavy (non-hydrogen) atoms. The number of thioether (sulfide) groups is 1. The van der Waals surface area contributed by atoms with Crippen molar-refractivity contribution in [3.8, 4) is 11.5 Å². The maximum absolute atomic E-state index is 13.7. The lowest BCUT2D eigenvalue weighted by molar-refractivity contribution is -0.143. The van der Waals surface area contributed by atoms with Crippen LogP contribution in [0.15, 0.2) is 47.4 Å². The van der Waals surface area contributed by atoms with Crippen LogP contribution in [0, 0.1) is 12.8 Å². The van der Waals surface area contributed by atoms with Gasteiger partial charge in [-0.15, -0.1) is 0 Å². The molecule has 0 bridgehead atoms. The first kappa shape index (κ1) is 23.9. The molecule has 1 fully saturated rings. The second kappa shape index (κ2) is 9.95. The van der Waals surface area contributed by atoms with Crippen molar-refractivity contribution < 1.29 is 27.8 Å². The maximum atomic E-state index is 13.7. The smallest absolute Gasteiger partial charge is 0.308 e. The van der Waals surface area contributed by atoms with Gasteiger partial charge in [-0.2, -0.15) is 16.1 Å². The van der Waals surface area contributed by atoms with Crippen LogP contribution in [0.2, 0.25) is 0 Å². The number of carbonyl (C=O) groups is 1. The number of hydrogen-bond donors (Lipinski definition) is 1.